The van der Waals surface area contributed by atoms with E-state index in [0.717, 1.165) is 75.0 Å². The van der Waals surface area contributed by atoms with Crippen LogP contribution in [0.15, 0.2) is 10.1 Å². The predicted molar refractivity (Wildman–Crippen MR) is 120 cm³/mol. The maximum absolute atomic E-state index is 5.69. The molecule has 0 aromatic carbocycles. The van der Waals surface area contributed by atoms with Crippen LogP contribution in [0.2, 0.25) is 0 Å². The number of hydrogen-bond donors (Lipinski definition) is 2. The van der Waals surface area contributed by atoms with Gasteiger partial charge in [0.2, 0.25) is 0 Å². The summed E-state index contributed by atoms with van der Waals surface area (Å²) in [5, 5.41) is 16.7. The lowest BCUT2D eigenvalue weighted by Crippen LogP contribution is -2.38. The molecule has 8 heteroatoms. The molecule has 2 saturated carbocycles. The molecule has 3 rings (SSSR count). The van der Waals surface area contributed by atoms with Crippen LogP contribution >= 0.6 is 11.8 Å². The van der Waals surface area contributed by atoms with Crippen molar-refractivity contribution >= 4 is 17.7 Å². The predicted octanol–water partition coefficient (Wildman–Crippen LogP) is 3.42. The van der Waals surface area contributed by atoms with Crippen molar-refractivity contribution in [2.75, 3.05) is 39.1 Å². The van der Waals surface area contributed by atoms with E-state index < -0.39 is 0 Å². The largest absolute Gasteiger partial charge is 0.381 e. The molecule has 0 atom stereocenters. The lowest BCUT2D eigenvalue weighted by atomic mass is 10.2. The van der Waals surface area contributed by atoms with Gasteiger partial charge in [-0.1, -0.05) is 24.6 Å². The van der Waals surface area contributed by atoms with Crippen molar-refractivity contribution in [1.29, 1.82) is 0 Å². The van der Waals surface area contributed by atoms with Gasteiger partial charge in [0.05, 0.1) is 0 Å². The third-order valence-electron chi connectivity index (χ3n) is 5.59. The number of aryl methyl sites for hydroxylation is 1. The Kier molecular flexibility index (Phi) is 9.60. The SMILES string of the molecule is CCNC(=NCCCc1nnc(SC)n1C1CCCC1)NCCCOCC1CC1. The summed E-state index contributed by atoms with van der Waals surface area (Å²) in [6.07, 6.45) is 12.9. The van der Waals surface area contributed by atoms with Crippen LogP contribution in [-0.4, -0.2) is 59.8 Å². The number of nitrogens with one attached hydrogen (secondary N) is 2. The van der Waals surface area contributed by atoms with E-state index in [0.29, 0.717) is 6.04 Å². The number of aliphatic imine (C=N–C) groups is 1. The smallest absolute Gasteiger partial charge is 0.191 e. The van der Waals surface area contributed by atoms with Crippen molar-refractivity contribution in [3.05, 3.63) is 5.82 Å². The molecular weight excluding hydrogens is 384 g/mol. The van der Waals surface area contributed by atoms with E-state index in [-0.39, 0.29) is 0 Å². The molecular formula is C21H38N6OS. The first-order chi connectivity index (χ1) is 14.3. The molecule has 1 aromatic rings. The topological polar surface area (TPSA) is 76.4 Å². The molecule has 7 nitrogen and oxygen atoms in total. The zero-order chi connectivity index (χ0) is 20.3. The van der Waals surface area contributed by atoms with Gasteiger partial charge < -0.3 is 19.9 Å². The van der Waals surface area contributed by atoms with Gasteiger partial charge in [-0.15, -0.1) is 10.2 Å². The van der Waals surface area contributed by atoms with E-state index in [1.165, 1.54) is 38.5 Å². The van der Waals surface area contributed by atoms with Crippen molar-refractivity contribution in [1.82, 2.24) is 25.4 Å². The average Bonchev–Trinajstić information content (AvgIpc) is 3.23. The molecule has 2 N–H and O–H groups in total. The summed E-state index contributed by atoms with van der Waals surface area (Å²) in [4.78, 5) is 4.73. The highest BCUT2D eigenvalue weighted by atomic mass is 32.2. The first-order valence-corrected chi connectivity index (χ1v) is 12.6. The van der Waals surface area contributed by atoms with Gasteiger partial charge >= 0.3 is 0 Å². The van der Waals surface area contributed by atoms with Gasteiger partial charge in [-0.05, 0) is 57.6 Å². The van der Waals surface area contributed by atoms with Crippen molar-refractivity contribution in [3.63, 3.8) is 0 Å². The molecule has 0 saturated heterocycles. The summed E-state index contributed by atoms with van der Waals surface area (Å²) in [5.41, 5.74) is 0. The summed E-state index contributed by atoms with van der Waals surface area (Å²) in [6, 6.07) is 0.590. The van der Waals surface area contributed by atoms with E-state index in [9.17, 15) is 0 Å². The fourth-order valence-corrected chi connectivity index (χ4v) is 4.41. The molecule has 0 aliphatic heterocycles. The minimum Gasteiger partial charge on any atom is -0.381 e. The zero-order valence-electron chi connectivity index (χ0n) is 18.2. The maximum atomic E-state index is 5.69. The van der Waals surface area contributed by atoms with Gasteiger partial charge in [0, 0.05) is 45.3 Å². The first-order valence-electron chi connectivity index (χ1n) is 11.4. The van der Waals surface area contributed by atoms with Crippen LogP contribution in [0.3, 0.4) is 0 Å². The number of thioether (sulfide) groups is 1. The lowest BCUT2D eigenvalue weighted by molar-refractivity contribution is 0.123. The van der Waals surface area contributed by atoms with Crippen molar-refractivity contribution < 1.29 is 4.74 Å². The average molecular weight is 423 g/mol. The molecule has 0 unspecified atom stereocenters. The van der Waals surface area contributed by atoms with Gasteiger partial charge in [-0.2, -0.15) is 0 Å². The number of hydrogen-bond acceptors (Lipinski definition) is 5. The summed E-state index contributed by atoms with van der Waals surface area (Å²) >= 11 is 1.70. The molecule has 0 bridgehead atoms. The van der Waals surface area contributed by atoms with E-state index in [1.54, 1.807) is 11.8 Å². The summed E-state index contributed by atoms with van der Waals surface area (Å²) in [7, 11) is 0. The van der Waals surface area contributed by atoms with Crippen LogP contribution in [-0.2, 0) is 11.2 Å². The normalized spacial score (nSPS) is 17.8. The van der Waals surface area contributed by atoms with Crippen LogP contribution in [0.5, 0.6) is 0 Å². The molecule has 0 amide bonds. The Morgan fingerprint density at radius 3 is 2.72 bits per heavy atom. The van der Waals surface area contributed by atoms with Crippen LogP contribution in [0.4, 0.5) is 0 Å². The van der Waals surface area contributed by atoms with E-state index in [1.807, 2.05) is 0 Å². The van der Waals surface area contributed by atoms with Crippen molar-refractivity contribution in [2.45, 2.75) is 75.9 Å². The van der Waals surface area contributed by atoms with Crippen LogP contribution < -0.4 is 10.6 Å². The second kappa shape index (κ2) is 12.4. The Morgan fingerprint density at radius 1 is 1.17 bits per heavy atom. The Hall–Kier alpha value is -1.28. The highest BCUT2D eigenvalue weighted by Gasteiger charge is 2.23. The second-order valence-corrected chi connectivity index (χ2v) is 8.85. The quantitative estimate of drug-likeness (QED) is 0.220. The van der Waals surface area contributed by atoms with E-state index in [2.05, 4.69) is 38.6 Å². The molecule has 2 fully saturated rings. The minimum atomic E-state index is 0.590. The van der Waals surface area contributed by atoms with Gasteiger partial charge in [0.1, 0.15) is 5.82 Å². The standard InChI is InChI=1S/C21H38N6OS/c1-3-22-20(24-14-7-15-28-16-17-11-12-17)23-13-6-10-19-25-26-21(29-2)27(19)18-8-4-5-9-18/h17-18H,3-16H2,1-2H3,(H2,22,23,24). The Labute approximate surface area is 179 Å². The Bertz CT molecular complexity index is 625. The maximum Gasteiger partial charge on any atom is 0.191 e. The highest BCUT2D eigenvalue weighted by Crippen LogP contribution is 2.33. The Balaban J connectivity index is 1.39. The van der Waals surface area contributed by atoms with Crippen LogP contribution in [0.25, 0.3) is 0 Å². The zero-order valence-corrected chi connectivity index (χ0v) is 19.0. The Morgan fingerprint density at radius 2 is 2.00 bits per heavy atom. The minimum absolute atomic E-state index is 0.590. The summed E-state index contributed by atoms with van der Waals surface area (Å²) in [5.74, 6) is 2.87. The number of ether oxygens (including phenoxy) is 1. The van der Waals surface area contributed by atoms with Gasteiger partial charge in [-0.25, -0.2) is 0 Å². The van der Waals surface area contributed by atoms with Gasteiger partial charge in [0.25, 0.3) is 0 Å². The molecule has 2 aliphatic rings. The van der Waals surface area contributed by atoms with Gasteiger partial charge in [-0.3, -0.25) is 4.99 Å². The number of rotatable bonds is 13. The molecule has 0 radical (unpaired) electrons. The lowest BCUT2D eigenvalue weighted by Gasteiger charge is -2.16. The molecule has 1 heterocycles. The van der Waals surface area contributed by atoms with E-state index >= 15 is 0 Å². The fraction of sp³-hybridized carbons (Fsp3) is 0.857. The number of guanidine groups is 1. The fourth-order valence-electron chi connectivity index (χ4n) is 3.83. The third kappa shape index (κ3) is 7.48. The molecule has 164 valence electrons. The van der Waals surface area contributed by atoms with E-state index in [4.69, 9.17) is 9.73 Å². The van der Waals surface area contributed by atoms with Crippen LogP contribution in [0, 0.1) is 5.92 Å². The first kappa shape index (κ1) is 22.4. The third-order valence-corrected chi connectivity index (χ3v) is 6.23. The monoisotopic (exact) mass is 422 g/mol. The highest BCUT2D eigenvalue weighted by molar-refractivity contribution is 7.98. The molecule has 1 aromatic heterocycles. The number of aromatic nitrogens is 3. The molecule has 0 spiro atoms. The van der Waals surface area contributed by atoms with Crippen LogP contribution in [0.1, 0.15) is 70.2 Å². The number of nitrogens with zero attached hydrogens (tertiary/aromatic N) is 4. The molecule has 2 aliphatic carbocycles. The second-order valence-electron chi connectivity index (χ2n) is 8.07. The molecule has 29 heavy (non-hydrogen) atoms. The van der Waals surface area contributed by atoms with Gasteiger partial charge in [0.15, 0.2) is 11.1 Å². The summed E-state index contributed by atoms with van der Waals surface area (Å²) in [6.45, 7) is 6.43. The van der Waals surface area contributed by atoms with Crippen molar-refractivity contribution in [2.24, 2.45) is 10.9 Å². The summed E-state index contributed by atoms with van der Waals surface area (Å²) < 4.78 is 8.09. The van der Waals surface area contributed by atoms with Crippen molar-refractivity contribution in [3.8, 4) is 0 Å².